The molecule has 0 saturated carbocycles. The van der Waals surface area contributed by atoms with Gasteiger partial charge in [-0.2, -0.15) is 0 Å². The van der Waals surface area contributed by atoms with Crippen molar-refractivity contribution in [1.29, 1.82) is 0 Å². The first kappa shape index (κ1) is 17.6. The highest BCUT2D eigenvalue weighted by Gasteiger charge is 2.21. The van der Waals surface area contributed by atoms with Gasteiger partial charge in [0.2, 0.25) is 0 Å². The van der Waals surface area contributed by atoms with Crippen LogP contribution in [0, 0.1) is 6.92 Å². The maximum Gasteiger partial charge on any atom is 0.344 e. The fraction of sp³-hybridized carbons (Fsp3) is 0.190. The van der Waals surface area contributed by atoms with Crippen molar-refractivity contribution in [2.75, 3.05) is 6.61 Å². The zero-order valence-electron chi connectivity index (χ0n) is 14.7. The third kappa shape index (κ3) is 3.72. The first-order valence-corrected chi connectivity index (χ1v) is 8.41. The number of ether oxygens (including phenoxy) is 1. The topological polar surface area (TPSA) is 69.4 Å². The molecule has 2 aromatic carbocycles. The Morgan fingerprint density at radius 1 is 1.00 bits per heavy atom. The van der Waals surface area contributed by atoms with Gasteiger partial charge in [-0.1, -0.05) is 66.7 Å². The largest absolute Gasteiger partial charge is 0.454 e. The van der Waals surface area contributed by atoms with Gasteiger partial charge in [0.05, 0.1) is 5.69 Å². The van der Waals surface area contributed by atoms with Crippen LogP contribution in [0.15, 0.2) is 59.1 Å². The van der Waals surface area contributed by atoms with E-state index in [1.165, 1.54) is 0 Å². The number of ketones is 1. The molecule has 5 nitrogen and oxygen atoms in total. The number of carbonyl (C=O) groups excluding carboxylic acids is 2. The van der Waals surface area contributed by atoms with Gasteiger partial charge in [0, 0.05) is 5.56 Å². The van der Waals surface area contributed by atoms with Crippen molar-refractivity contribution in [3.8, 4) is 11.1 Å². The van der Waals surface area contributed by atoms with E-state index in [1.54, 1.807) is 19.1 Å². The van der Waals surface area contributed by atoms with Crippen molar-refractivity contribution in [3.05, 3.63) is 77.2 Å². The molecule has 3 aromatic rings. The average Bonchev–Trinajstić information content (AvgIpc) is 3.07. The molecule has 0 amide bonds. The molecule has 0 aliphatic rings. The molecule has 5 heteroatoms. The van der Waals surface area contributed by atoms with Gasteiger partial charge in [0.15, 0.2) is 12.4 Å². The van der Waals surface area contributed by atoms with Crippen LogP contribution in [0.2, 0.25) is 0 Å². The van der Waals surface area contributed by atoms with Crippen LogP contribution >= 0.6 is 0 Å². The van der Waals surface area contributed by atoms with Gasteiger partial charge in [-0.3, -0.25) is 4.79 Å². The van der Waals surface area contributed by atoms with E-state index in [-0.39, 0.29) is 12.4 Å². The zero-order chi connectivity index (χ0) is 18.5. The van der Waals surface area contributed by atoms with Crippen molar-refractivity contribution in [2.24, 2.45) is 0 Å². The highest BCUT2D eigenvalue weighted by atomic mass is 16.5. The van der Waals surface area contributed by atoms with Crippen molar-refractivity contribution < 1.29 is 18.8 Å². The number of aromatic nitrogens is 1. The highest BCUT2D eigenvalue weighted by molar-refractivity contribution is 6.00. The first-order valence-electron chi connectivity index (χ1n) is 8.41. The van der Waals surface area contributed by atoms with Crippen molar-refractivity contribution in [1.82, 2.24) is 5.16 Å². The standard InChI is InChI=1S/C21H19NO4/c1-3-18-20(14(2)26-22-18)21(24)25-13-19(23)17-11-9-16(10-12-17)15-7-5-4-6-8-15/h4-12H,3,13H2,1-2H3. The molecule has 0 saturated heterocycles. The second-order valence-electron chi connectivity index (χ2n) is 5.86. The summed E-state index contributed by atoms with van der Waals surface area (Å²) in [4.78, 5) is 24.5. The molecular weight excluding hydrogens is 330 g/mol. The van der Waals surface area contributed by atoms with Crippen LogP contribution in [-0.2, 0) is 11.2 Å². The number of esters is 1. The molecule has 0 unspecified atom stereocenters. The smallest absolute Gasteiger partial charge is 0.344 e. The first-order chi connectivity index (χ1) is 12.6. The summed E-state index contributed by atoms with van der Waals surface area (Å²) in [6, 6.07) is 17.1. The second kappa shape index (κ2) is 7.78. The van der Waals surface area contributed by atoms with E-state index in [9.17, 15) is 9.59 Å². The highest BCUT2D eigenvalue weighted by Crippen LogP contribution is 2.20. The van der Waals surface area contributed by atoms with Crippen molar-refractivity contribution in [3.63, 3.8) is 0 Å². The quantitative estimate of drug-likeness (QED) is 0.491. The Kier molecular flexibility index (Phi) is 5.27. The molecule has 0 aliphatic carbocycles. The minimum absolute atomic E-state index is 0.259. The predicted octanol–water partition coefficient (Wildman–Crippen LogP) is 4.25. The lowest BCUT2D eigenvalue weighted by Crippen LogP contribution is -2.15. The average molecular weight is 349 g/mol. The van der Waals surface area contributed by atoms with Gasteiger partial charge < -0.3 is 9.26 Å². The van der Waals surface area contributed by atoms with Crippen LogP contribution in [0.25, 0.3) is 11.1 Å². The number of hydrogen-bond donors (Lipinski definition) is 0. The summed E-state index contributed by atoms with van der Waals surface area (Å²) in [5, 5.41) is 3.82. The van der Waals surface area contributed by atoms with E-state index in [4.69, 9.17) is 9.26 Å². The molecule has 0 fully saturated rings. The normalized spacial score (nSPS) is 10.5. The number of benzene rings is 2. The molecule has 0 spiro atoms. The monoisotopic (exact) mass is 349 g/mol. The van der Waals surface area contributed by atoms with Crippen LogP contribution < -0.4 is 0 Å². The molecule has 0 atom stereocenters. The molecule has 26 heavy (non-hydrogen) atoms. The van der Waals surface area contributed by atoms with Crippen LogP contribution in [0.4, 0.5) is 0 Å². The van der Waals surface area contributed by atoms with Gasteiger partial charge in [-0.05, 0) is 24.5 Å². The number of Topliss-reactive ketones (excluding diaryl/α,β-unsaturated/α-hetero) is 1. The van der Waals surface area contributed by atoms with Gasteiger partial charge in [-0.15, -0.1) is 0 Å². The number of carbonyl (C=O) groups is 2. The van der Waals surface area contributed by atoms with Crippen LogP contribution in [0.3, 0.4) is 0 Å². The van der Waals surface area contributed by atoms with E-state index in [1.807, 2.05) is 49.4 Å². The minimum atomic E-state index is -0.588. The van der Waals surface area contributed by atoms with Crippen molar-refractivity contribution >= 4 is 11.8 Å². The maximum atomic E-state index is 12.3. The third-order valence-corrected chi connectivity index (χ3v) is 4.12. The fourth-order valence-corrected chi connectivity index (χ4v) is 2.69. The number of aryl methyl sites for hydroxylation is 2. The number of hydrogen-bond acceptors (Lipinski definition) is 5. The summed E-state index contributed by atoms with van der Waals surface area (Å²) in [5.74, 6) is -0.452. The van der Waals surface area contributed by atoms with Crippen LogP contribution in [-0.4, -0.2) is 23.5 Å². The van der Waals surface area contributed by atoms with Crippen molar-refractivity contribution in [2.45, 2.75) is 20.3 Å². The Morgan fingerprint density at radius 3 is 2.31 bits per heavy atom. The second-order valence-corrected chi connectivity index (χ2v) is 5.86. The Bertz CT molecular complexity index is 911. The number of nitrogens with zero attached hydrogens (tertiary/aromatic N) is 1. The third-order valence-electron chi connectivity index (χ3n) is 4.12. The van der Waals surface area contributed by atoms with E-state index >= 15 is 0 Å². The summed E-state index contributed by atoms with van der Waals surface area (Å²) in [6.07, 6.45) is 0.552. The zero-order valence-corrected chi connectivity index (χ0v) is 14.7. The lowest BCUT2D eigenvalue weighted by molar-refractivity contribution is 0.0472. The molecule has 0 bridgehead atoms. The van der Waals surface area contributed by atoms with E-state index < -0.39 is 5.97 Å². The molecule has 0 radical (unpaired) electrons. The van der Waals surface area contributed by atoms with Gasteiger partial charge >= 0.3 is 5.97 Å². The van der Waals surface area contributed by atoms with E-state index in [2.05, 4.69) is 5.16 Å². The summed E-state index contributed by atoms with van der Waals surface area (Å²) < 4.78 is 10.2. The Hall–Kier alpha value is -3.21. The summed E-state index contributed by atoms with van der Waals surface area (Å²) >= 11 is 0. The van der Waals surface area contributed by atoms with Gasteiger partial charge in [-0.25, -0.2) is 4.79 Å². The van der Waals surface area contributed by atoms with Gasteiger partial charge in [0.25, 0.3) is 0 Å². The molecule has 1 heterocycles. The summed E-state index contributed by atoms with van der Waals surface area (Å²) in [6.45, 7) is 3.19. The molecule has 1 aromatic heterocycles. The molecule has 132 valence electrons. The molecule has 0 N–H and O–H groups in total. The van der Waals surface area contributed by atoms with Crippen LogP contribution in [0.5, 0.6) is 0 Å². The maximum absolute atomic E-state index is 12.3. The lowest BCUT2D eigenvalue weighted by Gasteiger charge is -2.06. The summed E-state index contributed by atoms with van der Waals surface area (Å²) in [5.41, 5.74) is 3.43. The minimum Gasteiger partial charge on any atom is -0.454 e. The number of rotatable bonds is 6. The Labute approximate surface area is 151 Å². The Balaban J connectivity index is 1.65. The van der Waals surface area contributed by atoms with E-state index in [0.717, 1.165) is 11.1 Å². The SMILES string of the molecule is CCc1noc(C)c1C(=O)OCC(=O)c1ccc(-c2ccccc2)cc1. The lowest BCUT2D eigenvalue weighted by atomic mass is 10.0. The van der Waals surface area contributed by atoms with Gasteiger partial charge in [0.1, 0.15) is 11.3 Å². The fourth-order valence-electron chi connectivity index (χ4n) is 2.69. The van der Waals surface area contributed by atoms with E-state index in [0.29, 0.717) is 29.0 Å². The Morgan fingerprint density at radius 2 is 1.65 bits per heavy atom. The molecule has 3 rings (SSSR count). The predicted molar refractivity (Wildman–Crippen MR) is 97.1 cm³/mol. The van der Waals surface area contributed by atoms with Crippen LogP contribution in [0.1, 0.15) is 39.1 Å². The summed E-state index contributed by atoms with van der Waals surface area (Å²) in [7, 11) is 0. The molecule has 0 aliphatic heterocycles. The molecular formula is C21H19NO4.